The van der Waals surface area contributed by atoms with Crippen LogP contribution in [0.5, 0.6) is 0 Å². The molecule has 2 aliphatic heterocycles. The normalized spacial score (nSPS) is 16.7. The summed E-state index contributed by atoms with van der Waals surface area (Å²) >= 11 is 0. The van der Waals surface area contributed by atoms with Gasteiger partial charge in [0.05, 0.1) is 35.4 Å². The lowest BCUT2D eigenvalue weighted by Gasteiger charge is -2.25. The summed E-state index contributed by atoms with van der Waals surface area (Å²) < 4.78 is 12.0. The van der Waals surface area contributed by atoms with Gasteiger partial charge in [0.1, 0.15) is 6.61 Å². The van der Waals surface area contributed by atoms with Crippen LogP contribution in [-0.2, 0) is 32.2 Å². The lowest BCUT2D eigenvalue weighted by Crippen LogP contribution is -2.34. The number of fused-ring (bicyclic) bond motifs is 5. The fourth-order valence-electron chi connectivity index (χ4n) is 3.88. The Labute approximate surface area is 164 Å². The van der Waals surface area contributed by atoms with Crippen molar-refractivity contribution in [1.82, 2.24) is 9.55 Å². The Kier molecular flexibility index (Phi) is 3.95. The van der Waals surface area contributed by atoms with E-state index in [4.69, 9.17) is 20.2 Å². The largest absolute Gasteiger partial charge is 0.458 e. The number of hydrogen-bond acceptors (Lipinski definition) is 7. The van der Waals surface area contributed by atoms with Gasteiger partial charge < -0.3 is 19.8 Å². The molecular weight excluding hydrogens is 374 g/mol. The predicted molar refractivity (Wildman–Crippen MR) is 103 cm³/mol. The first kappa shape index (κ1) is 17.6. The summed E-state index contributed by atoms with van der Waals surface area (Å²) in [7, 11) is 0. The molecule has 0 fully saturated rings. The number of aromatic nitrogens is 2. The highest BCUT2D eigenvalue weighted by atomic mass is 16.6. The van der Waals surface area contributed by atoms with Crippen LogP contribution in [0.2, 0.25) is 0 Å². The van der Waals surface area contributed by atoms with E-state index in [1.54, 1.807) is 10.6 Å². The van der Waals surface area contributed by atoms with Gasteiger partial charge in [0.15, 0.2) is 0 Å². The third-order valence-corrected chi connectivity index (χ3v) is 5.26. The molecule has 0 aliphatic carbocycles. The van der Waals surface area contributed by atoms with Gasteiger partial charge in [-0.1, -0.05) is 18.2 Å². The van der Waals surface area contributed by atoms with E-state index in [0.29, 0.717) is 29.1 Å². The number of rotatable bonds is 3. The topological polar surface area (TPSA) is 114 Å². The second kappa shape index (κ2) is 6.52. The van der Waals surface area contributed by atoms with Crippen molar-refractivity contribution in [2.24, 2.45) is 5.73 Å². The molecule has 1 unspecified atom stereocenters. The van der Waals surface area contributed by atoms with Crippen LogP contribution < -0.4 is 11.3 Å². The van der Waals surface area contributed by atoms with E-state index >= 15 is 0 Å². The molecule has 0 radical (unpaired) electrons. The summed E-state index contributed by atoms with van der Waals surface area (Å²) in [6, 6.07) is 11.4. The van der Waals surface area contributed by atoms with Crippen molar-refractivity contribution in [3.8, 4) is 11.4 Å². The standard InChI is InChI=1S/C21H17N3O5/c22-6-5-17(25)29-19-13-8-16-18-12(7-11-3-1-2-4-15(11)23-18)9-24(16)20(26)14(13)10-28-21(19)27/h1-4,7-8,19H,5-6,9-10,22H2. The van der Waals surface area contributed by atoms with Gasteiger partial charge in [-0.3, -0.25) is 9.59 Å². The molecule has 1 atom stereocenters. The molecule has 3 aromatic rings. The first-order valence-corrected chi connectivity index (χ1v) is 9.28. The smallest absolute Gasteiger partial charge is 0.352 e. The monoisotopic (exact) mass is 391 g/mol. The maximum atomic E-state index is 13.1. The second-order valence-corrected chi connectivity index (χ2v) is 7.06. The maximum absolute atomic E-state index is 13.1. The van der Waals surface area contributed by atoms with E-state index in [9.17, 15) is 14.4 Å². The average molecular weight is 391 g/mol. The van der Waals surface area contributed by atoms with E-state index in [1.807, 2.05) is 30.3 Å². The molecule has 0 amide bonds. The van der Waals surface area contributed by atoms with Gasteiger partial charge in [-0.05, 0) is 18.2 Å². The minimum Gasteiger partial charge on any atom is -0.458 e. The highest BCUT2D eigenvalue weighted by Crippen LogP contribution is 2.36. The molecule has 8 nitrogen and oxygen atoms in total. The van der Waals surface area contributed by atoms with Crippen molar-refractivity contribution in [3.63, 3.8) is 0 Å². The predicted octanol–water partition coefficient (Wildman–Crippen LogP) is 1.42. The molecule has 2 N–H and O–H groups in total. The zero-order chi connectivity index (χ0) is 20.1. The molecule has 1 aromatic carbocycles. The third-order valence-electron chi connectivity index (χ3n) is 5.26. The van der Waals surface area contributed by atoms with Gasteiger partial charge in [0.2, 0.25) is 6.10 Å². The van der Waals surface area contributed by atoms with E-state index in [-0.39, 0.29) is 25.1 Å². The average Bonchev–Trinajstić information content (AvgIpc) is 3.07. The molecule has 146 valence electrons. The van der Waals surface area contributed by atoms with Gasteiger partial charge in [0.25, 0.3) is 5.56 Å². The van der Waals surface area contributed by atoms with E-state index < -0.39 is 18.0 Å². The van der Waals surface area contributed by atoms with E-state index in [0.717, 1.165) is 16.5 Å². The van der Waals surface area contributed by atoms with Gasteiger partial charge in [-0.15, -0.1) is 0 Å². The van der Waals surface area contributed by atoms with Crippen LogP contribution in [-0.4, -0.2) is 28.0 Å². The van der Waals surface area contributed by atoms with Gasteiger partial charge >= 0.3 is 11.9 Å². The molecule has 0 spiro atoms. The molecule has 2 aliphatic rings. The fourth-order valence-corrected chi connectivity index (χ4v) is 3.88. The number of nitrogens with two attached hydrogens (primary N) is 1. The van der Waals surface area contributed by atoms with Crippen LogP contribution in [0.3, 0.4) is 0 Å². The Bertz CT molecular complexity index is 1250. The van der Waals surface area contributed by atoms with Gasteiger partial charge in [0, 0.05) is 23.1 Å². The van der Waals surface area contributed by atoms with E-state index in [1.165, 1.54) is 0 Å². The molecule has 8 heteroatoms. The Morgan fingerprint density at radius 1 is 1.28 bits per heavy atom. The minimum atomic E-state index is -1.28. The van der Waals surface area contributed by atoms with Gasteiger partial charge in [-0.25, -0.2) is 9.78 Å². The fraction of sp³-hybridized carbons (Fsp3) is 0.238. The van der Waals surface area contributed by atoms with Crippen molar-refractivity contribution in [2.45, 2.75) is 25.7 Å². The summed E-state index contributed by atoms with van der Waals surface area (Å²) in [5, 5.41) is 0.990. The van der Waals surface area contributed by atoms with Crippen LogP contribution in [0.25, 0.3) is 22.3 Å². The summed E-state index contributed by atoms with van der Waals surface area (Å²) in [6.45, 7) is 0.342. The highest BCUT2D eigenvalue weighted by molar-refractivity contribution is 5.85. The van der Waals surface area contributed by atoms with Crippen molar-refractivity contribution in [3.05, 3.63) is 63.4 Å². The number of esters is 2. The summed E-state index contributed by atoms with van der Waals surface area (Å²) in [5.74, 6) is -1.32. The Balaban J connectivity index is 1.67. The molecule has 2 aromatic heterocycles. The lowest BCUT2D eigenvalue weighted by atomic mass is 10.00. The van der Waals surface area contributed by atoms with Crippen LogP contribution in [0, 0.1) is 0 Å². The Morgan fingerprint density at radius 3 is 2.93 bits per heavy atom. The molecule has 0 saturated heterocycles. The van der Waals surface area contributed by atoms with Crippen LogP contribution in [0.4, 0.5) is 0 Å². The number of benzene rings is 1. The zero-order valence-corrected chi connectivity index (χ0v) is 15.4. The number of carbonyl (C=O) groups excluding carboxylic acids is 2. The quantitative estimate of drug-likeness (QED) is 0.525. The van der Waals surface area contributed by atoms with Crippen LogP contribution >= 0.6 is 0 Å². The molecular formula is C21H17N3O5. The number of para-hydroxylation sites is 1. The zero-order valence-electron chi connectivity index (χ0n) is 15.4. The number of ether oxygens (including phenoxy) is 2. The summed E-state index contributed by atoms with van der Waals surface area (Å²) in [5.41, 5.74) is 8.81. The number of nitrogens with zero attached hydrogens (tertiary/aromatic N) is 2. The number of carbonyl (C=O) groups is 2. The molecule has 29 heavy (non-hydrogen) atoms. The number of hydrogen-bond donors (Lipinski definition) is 1. The van der Waals surface area contributed by atoms with E-state index in [2.05, 4.69) is 0 Å². The van der Waals surface area contributed by atoms with Crippen LogP contribution in [0.1, 0.15) is 29.2 Å². The van der Waals surface area contributed by atoms with Crippen molar-refractivity contribution in [1.29, 1.82) is 0 Å². The molecule has 0 bridgehead atoms. The lowest BCUT2D eigenvalue weighted by molar-refractivity contribution is -0.171. The SMILES string of the molecule is NCCC(=O)OC1C(=O)OCc2c1cc1n(c2=O)Cc2cc3ccccc3nc2-1. The number of pyridine rings is 2. The van der Waals surface area contributed by atoms with Gasteiger partial charge in [-0.2, -0.15) is 0 Å². The molecule has 4 heterocycles. The summed E-state index contributed by atoms with van der Waals surface area (Å²) in [4.78, 5) is 42.0. The molecule has 5 rings (SSSR count). The Morgan fingerprint density at radius 2 is 2.10 bits per heavy atom. The maximum Gasteiger partial charge on any atom is 0.352 e. The highest BCUT2D eigenvalue weighted by Gasteiger charge is 2.37. The van der Waals surface area contributed by atoms with Crippen molar-refractivity contribution >= 4 is 22.8 Å². The number of cyclic esters (lactones) is 1. The van der Waals surface area contributed by atoms with Crippen LogP contribution in [0.15, 0.2) is 41.2 Å². The first-order valence-electron chi connectivity index (χ1n) is 9.28. The molecule has 0 saturated carbocycles. The summed E-state index contributed by atoms with van der Waals surface area (Å²) in [6.07, 6.45) is -1.31. The van der Waals surface area contributed by atoms with Crippen molar-refractivity contribution in [2.75, 3.05) is 6.54 Å². The Hall–Kier alpha value is -3.52. The third kappa shape index (κ3) is 2.72. The second-order valence-electron chi connectivity index (χ2n) is 7.06. The first-order chi connectivity index (χ1) is 14.1. The minimum absolute atomic E-state index is 0.0284. The van der Waals surface area contributed by atoms with Crippen molar-refractivity contribution < 1.29 is 19.1 Å².